The van der Waals surface area contributed by atoms with E-state index in [2.05, 4.69) is 5.32 Å². The Bertz CT molecular complexity index is 473. The molecule has 0 atom stereocenters. The van der Waals surface area contributed by atoms with Gasteiger partial charge in [-0.3, -0.25) is 4.79 Å². The molecule has 1 aromatic rings. The first-order valence-corrected chi connectivity index (χ1v) is 7.20. The number of hydrogen-bond donors (Lipinski definition) is 2. The molecule has 0 heterocycles. The molecule has 0 saturated carbocycles. The van der Waals surface area contributed by atoms with Crippen molar-refractivity contribution in [3.63, 3.8) is 0 Å². The van der Waals surface area contributed by atoms with Crippen molar-refractivity contribution < 1.29 is 14.3 Å². The molecule has 6 heteroatoms. The monoisotopic (exact) mass is 330 g/mol. The summed E-state index contributed by atoms with van der Waals surface area (Å²) in [6, 6.07) is 5.75. The van der Waals surface area contributed by atoms with Gasteiger partial charge in [0.15, 0.2) is 0 Å². The molecule has 1 aromatic carbocycles. The van der Waals surface area contributed by atoms with Crippen molar-refractivity contribution in [2.24, 2.45) is 5.73 Å². The van der Waals surface area contributed by atoms with Gasteiger partial charge in [-0.05, 0) is 44.9 Å². The second-order valence-corrected chi connectivity index (χ2v) is 5.52. The molecular formula is C16H27ClN2O3. The number of nitrogens with one attached hydrogen (secondary N) is 1. The van der Waals surface area contributed by atoms with E-state index in [-0.39, 0.29) is 18.3 Å². The highest BCUT2D eigenvalue weighted by molar-refractivity contribution is 5.97. The maximum absolute atomic E-state index is 11.9. The van der Waals surface area contributed by atoms with Gasteiger partial charge in [0.1, 0.15) is 0 Å². The maximum Gasteiger partial charge on any atom is 0.243 e. The third-order valence-electron chi connectivity index (χ3n) is 3.11. The largest absolute Gasteiger partial charge is 0.379 e. The fourth-order valence-electron chi connectivity index (χ4n) is 1.70. The Balaban J connectivity index is 0.00000441. The minimum atomic E-state index is -0.906. The lowest BCUT2D eigenvalue weighted by Crippen LogP contribution is -2.45. The summed E-state index contributed by atoms with van der Waals surface area (Å²) in [5.74, 6) is -0.208. The number of ether oxygens (including phenoxy) is 2. The zero-order chi connectivity index (χ0) is 15.9. The van der Waals surface area contributed by atoms with Gasteiger partial charge in [0.05, 0.1) is 25.4 Å². The number of amides is 1. The Morgan fingerprint density at radius 2 is 1.91 bits per heavy atom. The molecule has 0 aliphatic carbocycles. The first-order valence-electron chi connectivity index (χ1n) is 7.20. The summed E-state index contributed by atoms with van der Waals surface area (Å²) in [6.45, 7) is 9.60. The van der Waals surface area contributed by atoms with E-state index in [0.717, 1.165) is 16.8 Å². The summed E-state index contributed by atoms with van der Waals surface area (Å²) < 4.78 is 10.8. The first-order chi connectivity index (χ1) is 9.86. The second-order valence-electron chi connectivity index (χ2n) is 5.52. The van der Waals surface area contributed by atoms with Crippen LogP contribution in [0.25, 0.3) is 0 Å². The van der Waals surface area contributed by atoms with Crippen molar-refractivity contribution in [3.8, 4) is 0 Å². The predicted molar refractivity (Wildman–Crippen MR) is 91.5 cm³/mol. The summed E-state index contributed by atoms with van der Waals surface area (Å²) >= 11 is 0. The van der Waals surface area contributed by atoms with E-state index in [4.69, 9.17) is 15.2 Å². The Morgan fingerprint density at radius 1 is 1.27 bits per heavy atom. The number of carbonyl (C=O) groups is 1. The topological polar surface area (TPSA) is 73.6 Å². The van der Waals surface area contributed by atoms with E-state index in [1.54, 1.807) is 13.8 Å². The van der Waals surface area contributed by atoms with E-state index in [9.17, 15) is 4.79 Å². The van der Waals surface area contributed by atoms with Crippen molar-refractivity contribution >= 4 is 24.0 Å². The zero-order valence-corrected chi connectivity index (χ0v) is 14.6. The molecule has 0 fully saturated rings. The van der Waals surface area contributed by atoms with Gasteiger partial charge in [-0.1, -0.05) is 12.1 Å². The third kappa shape index (κ3) is 6.75. The molecule has 0 aromatic heterocycles. The normalized spacial score (nSPS) is 11.0. The van der Waals surface area contributed by atoms with Crippen molar-refractivity contribution in [1.29, 1.82) is 0 Å². The standard InChI is InChI=1S/C16H26N2O3.ClH/c1-5-20-9-10-21-11-13-7-6-8-14(12(13)2)18-15(19)16(3,4)17;/h6-8H,5,9-11,17H2,1-4H3,(H,18,19);1H. The Morgan fingerprint density at radius 3 is 2.50 bits per heavy atom. The van der Waals surface area contributed by atoms with Gasteiger partial charge in [0, 0.05) is 12.3 Å². The number of anilines is 1. The molecule has 3 N–H and O–H groups in total. The molecule has 1 amide bonds. The fraction of sp³-hybridized carbons (Fsp3) is 0.562. The predicted octanol–water partition coefficient (Wildman–Crippen LogP) is 2.65. The molecule has 0 unspecified atom stereocenters. The van der Waals surface area contributed by atoms with E-state index >= 15 is 0 Å². The van der Waals surface area contributed by atoms with Gasteiger partial charge in [0.25, 0.3) is 0 Å². The van der Waals surface area contributed by atoms with Gasteiger partial charge in [-0.2, -0.15) is 0 Å². The number of halogens is 1. The van der Waals surface area contributed by atoms with Crippen LogP contribution in [0.3, 0.4) is 0 Å². The molecule has 0 radical (unpaired) electrons. The molecular weight excluding hydrogens is 304 g/mol. The van der Waals surface area contributed by atoms with E-state index < -0.39 is 5.54 Å². The van der Waals surface area contributed by atoms with E-state index in [1.165, 1.54) is 0 Å². The summed E-state index contributed by atoms with van der Waals surface area (Å²) in [5, 5.41) is 2.86. The van der Waals surface area contributed by atoms with Gasteiger partial charge >= 0.3 is 0 Å². The van der Waals surface area contributed by atoms with Gasteiger partial charge < -0.3 is 20.5 Å². The van der Waals surface area contributed by atoms with Crippen molar-refractivity contribution in [3.05, 3.63) is 29.3 Å². The van der Waals surface area contributed by atoms with Gasteiger partial charge in [0.2, 0.25) is 5.91 Å². The van der Waals surface area contributed by atoms with Crippen LogP contribution in [-0.2, 0) is 20.9 Å². The van der Waals surface area contributed by atoms with Crippen LogP contribution in [0.2, 0.25) is 0 Å². The molecule has 126 valence electrons. The average Bonchev–Trinajstić information content (AvgIpc) is 2.41. The van der Waals surface area contributed by atoms with Crippen LogP contribution in [0.15, 0.2) is 18.2 Å². The lowest BCUT2D eigenvalue weighted by molar-refractivity contribution is -0.120. The number of rotatable bonds is 8. The average molecular weight is 331 g/mol. The second kappa shape index (κ2) is 9.79. The van der Waals surface area contributed by atoms with Crippen LogP contribution < -0.4 is 11.1 Å². The molecule has 0 spiro atoms. The van der Waals surface area contributed by atoms with Crippen molar-refractivity contribution in [2.45, 2.75) is 39.8 Å². The molecule has 0 aliphatic heterocycles. The highest BCUT2D eigenvalue weighted by atomic mass is 35.5. The molecule has 0 aliphatic rings. The summed E-state index contributed by atoms with van der Waals surface area (Å²) in [7, 11) is 0. The minimum Gasteiger partial charge on any atom is -0.379 e. The molecule has 22 heavy (non-hydrogen) atoms. The molecule has 1 rings (SSSR count). The van der Waals surface area contributed by atoms with Crippen LogP contribution >= 0.6 is 12.4 Å². The maximum atomic E-state index is 11.9. The van der Waals surface area contributed by atoms with Crippen LogP contribution in [0.5, 0.6) is 0 Å². The van der Waals surface area contributed by atoms with Crippen LogP contribution in [0.1, 0.15) is 31.9 Å². The summed E-state index contributed by atoms with van der Waals surface area (Å²) in [4.78, 5) is 11.9. The number of hydrogen-bond acceptors (Lipinski definition) is 4. The van der Waals surface area contributed by atoms with Crippen LogP contribution in [-0.4, -0.2) is 31.3 Å². The third-order valence-corrected chi connectivity index (χ3v) is 3.11. The Hall–Kier alpha value is -1.14. The molecule has 5 nitrogen and oxygen atoms in total. The Kier molecular flexibility index (Phi) is 9.28. The first kappa shape index (κ1) is 20.9. The van der Waals surface area contributed by atoms with Crippen molar-refractivity contribution in [2.75, 3.05) is 25.1 Å². The van der Waals surface area contributed by atoms with Gasteiger partial charge in [-0.15, -0.1) is 12.4 Å². The molecule has 0 bridgehead atoms. The zero-order valence-electron chi connectivity index (χ0n) is 13.8. The highest BCUT2D eigenvalue weighted by Crippen LogP contribution is 2.20. The lowest BCUT2D eigenvalue weighted by Gasteiger charge is -2.19. The number of nitrogens with two attached hydrogens (primary N) is 1. The molecule has 0 saturated heterocycles. The quantitative estimate of drug-likeness (QED) is 0.719. The lowest BCUT2D eigenvalue weighted by atomic mass is 10.0. The highest BCUT2D eigenvalue weighted by Gasteiger charge is 2.22. The van der Waals surface area contributed by atoms with Crippen LogP contribution in [0, 0.1) is 6.92 Å². The summed E-state index contributed by atoms with van der Waals surface area (Å²) in [5.41, 5.74) is 7.69. The van der Waals surface area contributed by atoms with Gasteiger partial charge in [-0.25, -0.2) is 0 Å². The van der Waals surface area contributed by atoms with Crippen LogP contribution in [0.4, 0.5) is 5.69 Å². The fourth-order valence-corrected chi connectivity index (χ4v) is 1.70. The SMILES string of the molecule is CCOCCOCc1cccc(NC(=O)C(C)(C)N)c1C.Cl. The van der Waals surface area contributed by atoms with E-state index in [0.29, 0.717) is 26.4 Å². The minimum absolute atomic E-state index is 0. The number of benzene rings is 1. The summed E-state index contributed by atoms with van der Waals surface area (Å²) in [6.07, 6.45) is 0. The number of carbonyl (C=O) groups excluding carboxylic acids is 1. The Labute approximate surface area is 139 Å². The van der Waals surface area contributed by atoms with Crippen molar-refractivity contribution in [1.82, 2.24) is 0 Å². The smallest absolute Gasteiger partial charge is 0.243 e. The van der Waals surface area contributed by atoms with E-state index in [1.807, 2.05) is 32.0 Å².